The SMILES string of the molecule is CCCc1ccc(-c2c([O])cc(F)c(C(F)(F)Oc3cc(F)c(OC(F)F)c(F)c3)c2F)cc1. The number of halogens is 8. The Morgan fingerprint density at radius 2 is 1.50 bits per heavy atom. The quantitative estimate of drug-likeness (QED) is 0.303. The monoisotopic (exact) mass is 491 g/mol. The number of ether oxygens (including phenoxy) is 2. The lowest BCUT2D eigenvalue weighted by atomic mass is 9.98. The lowest BCUT2D eigenvalue weighted by molar-refractivity contribution is -0.189. The van der Waals surface area contributed by atoms with Gasteiger partial charge in [-0.2, -0.15) is 17.6 Å². The number of hydrogen-bond acceptors (Lipinski definition) is 2. The highest BCUT2D eigenvalue weighted by Gasteiger charge is 2.43. The van der Waals surface area contributed by atoms with Crippen LogP contribution in [0.2, 0.25) is 0 Å². The molecule has 0 aliphatic rings. The molecule has 0 saturated carbocycles. The second-order valence-corrected chi connectivity index (χ2v) is 7.08. The zero-order valence-electron chi connectivity index (χ0n) is 17.3. The van der Waals surface area contributed by atoms with Crippen LogP contribution in [-0.4, -0.2) is 6.61 Å². The van der Waals surface area contributed by atoms with E-state index < -0.39 is 64.4 Å². The van der Waals surface area contributed by atoms with Crippen LogP contribution in [0.4, 0.5) is 35.1 Å². The minimum Gasteiger partial charge on any atom is -0.429 e. The summed E-state index contributed by atoms with van der Waals surface area (Å²) in [6.45, 7) is -1.70. The molecule has 3 rings (SSSR count). The van der Waals surface area contributed by atoms with E-state index in [2.05, 4.69) is 9.47 Å². The van der Waals surface area contributed by atoms with Crippen LogP contribution >= 0.6 is 0 Å². The summed E-state index contributed by atoms with van der Waals surface area (Å²) >= 11 is 0. The van der Waals surface area contributed by atoms with Crippen molar-refractivity contribution >= 4 is 0 Å². The lowest BCUT2D eigenvalue weighted by Gasteiger charge is -2.21. The Kier molecular flexibility index (Phi) is 7.23. The van der Waals surface area contributed by atoms with Gasteiger partial charge in [0.15, 0.2) is 29.0 Å². The smallest absolute Gasteiger partial charge is 0.429 e. The molecule has 11 heteroatoms. The summed E-state index contributed by atoms with van der Waals surface area (Å²) in [5.74, 6) is -11.6. The van der Waals surface area contributed by atoms with Gasteiger partial charge < -0.3 is 9.47 Å². The van der Waals surface area contributed by atoms with Gasteiger partial charge in [0.2, 0.25) is 0 Å². The molecular formula is C23H15F8O3. The molecule has 3 nitrogen and oxygen atoms in total. The summed E-state index contributed by atoms with van der Waals surface area (Å²) in [5.41, 5.74) is -2.11. The highest BCUT2D eigenvalue weighted by molar-refractivity contribution is 5.72. The molecular weight excluding hydrogens is 476 g/mol. The molecule has 0 aliphatic carbocycles. The molecule has 0 saturated heterocycles. The van der Waals surface area contributed by atoms with Crippen molar-refractivity contribution in [1.82, 2.24) is 0 Å². The Morgan fingerprint density at radius 1 is 0.912 bits per heavy atom. The summed E-state index contributed by atoms with van der Waals surface area (Å²) in [7, 11) is 0. The fourth-order valence-electron chi connectivity index (χ4n) is 3.26. The number of aryl methyl sites for hydroxylation is 1. The van der Waals surface area contributed by atoms with E-state index in [4.69, 9.17) is 0 Å². The Labute approximate surface area is 188 Å². The standard InChI is InChI=1S/C23H15F8O3/c1-2-3-11-4-6-12(7-5-11)18-17(32)10-14(24)19(20(18)27)23(30,31)34-13-8-15(25)21(16(26)9-13)33-22(28)29/h4-10,22H,2-3H2,1H3. The third-order valence-corrected chi connectivity index (χ3v) is 4.68. The highest BCUT2D eigenvalue weighted by Crippen LogP contribution is 2.43. The molecule has 34 heavy (non-hydrogen) atoms. The van der Waals surface area contributed by atoms with Gasteiger partial charge in [-0.15, -0.1) is 0 Å². The molecule has 0 atom stereocenters. The van der Waals surface area contributed by atoms with Gasteiger partial charge in [-0.05, 0) is 17.5 Å². The van der Waals surface area contributed by atoms with Gasteiger partial charge in [0.05, 0.1) is 5.56 Å². The largest absolute Gasteiger partial charge is 0.432 e. The van der Waals surface area contributed by atoms with Crippen LogP contribution in [0.5, 0.6) is 17.2 Å². The van der Waals surface area contributed by atoms with Crippen LogP contribution < -0.4 is 9.47 Å². The molecule has 3 aromatic carbocycles. The van der Waals surface area contributed by atoms with Crippen molar-refractivity contribution < 1.29 is 49.7 Å². The molecule has 0 aliphatic heterocycles. The lowest BCUT2D eigenvalue weighted by Crippen LogP contribution is -2.25. The zero-order chi connectivity index (χ0) is 25.2. The van der Waals surface area contributed by atoms with Crippen LogP contribution in [0.3, 0.4) is 0 Å². The molecule has 3 aromatic rings. The van der Waals surface area contributed by atoms with Gasteiger partial charge >= 0.3 is 12.7 Å². The average molecular weight is 491 g/mol. The minimum atomic E-state index is -4.86. The third kappa shape index (κ3) is 5.18. The van der Waals surface area contributed by atoms with Crippen molar-refractivity contribution in [1.29, 1.82) is 0 Å². The van der Waals surface area contributed by atoms with E-state index in [9.17, 15) is 35.8 Å². The van der Waals surface area contributed by atoms with Gasteiger partial charge in [0.25, 0.3) is 0 Å². The summed E-state index contributed by atoms with van der Waals surface area (Å²) in [6.07, 6.45) is -3.40. The summed E-state index contributed by atoms with van der Waals surface area (Å²) in [6, 6.07) is 5.97. The molecule has 181 valence electrons. The predicted octanol–water partition coefficient (Wildman–Crippen LogP) is 7.74. The Bertz CT molecular complexity index is 1160. The molecule has 0 fully saturated rings. The van der Waals surface area contributed by atoms with Crippen molar-refractivity contribution in [3.05, 3.63) is 76.9 Å². The van der Waals surface area contributed by atoms with E-state index in [1.165, 1.54) is 12.1 Å². The van der Waals surface area contributed by atoms with Gasteiger partial charge in [-0.3, -0.25) is 5.11 Å². The van der Waals surface area contributed by atoms with Gasteiger partial charge in [0, 0.05) is 18.2 Å². The van der Waals surface area contributed by atoms with Crippen molar-refractivity contribution in [2.24, 2.45) is 0 Å². The molecule has 0 N–H and O–H groups in total. The van der Waals surface area contributed by atoms with Crippen LogP contribution in [0.25, 0.3) is 11.1 Å². The summed E-state index contributed by atoms with van der Waals surface area (Å²) in [4.78, 5) is 0. The first kappa shape index (κ1) is 25.1. The van der Waals surface area contributed by atoms with E-state index >= 15 is 4.39 Å². The van der Waals surface area contributed by atoms with E-state index in [1.54, 1.807) is 12.1 Å². The van der Waals surface area contributed by atoms with Crippen LogP contribution in [-0.2, 0) is 17.6 Å². The van der Waals surface area contributed by atoms with E-state index in [0.29, 0.717) is 6.42 Å². The number of alkyl halides is 4. The van der Waals surface area contributed by atoms with Crippen molar-refractivity contribution in [3.63, 3.8) is 0 Å². The number of hydrogen-bond donors (Lipinski definition) is 0. The summed E-state index contributed by atoms with van der Waals surface area (Å²) in [5, 5.41) is 12.2. The minimum absolute atomic E-state index is 0.0693. The van der Waals surface area contributed by atoms with E-state index in [-0.39, 0.29) is 23.8 Å². The van der Waals surface area contributed by atoms with Gasteiger partial charge in [-0.25, -0.2) is 17.6 Å². The Morgan fingerprint density at radius 3 is 2.03 bits per heavy atom. The first-order valence-electron chi connectivity index (χ1n) is 9.74. The first-order valence-corrected chi connectivity index (χ1v) is 9.74. The molecule has 0 unspecified atom stereocenters. The second kappa shape index (κ2) is 9.78. The maximum absolute atomic E-state index is 15.0. The maximum atomic E-state index is 15.0. The van der Waals surface area contributed by atoms with Crippen molar-refractivity contribution in [2.75, 3.05) is 0 Å². The van der Waals surface area contributed by atoms with E-state index in [1.807, 2.05) is 6.92 Å². The Hall–Kier alpha value is -3.50. The number of benzene rings is 3. The topological polar surface area (TPSA) is 38.4 Å². The molecule has 0 amide bonds. The van der Waals surface area contributed by atoms with Crippen LogP contribution in [0, 0.1) is 23.3 Å². The fraction of sp³-hybridized carbons (Fsp3) is 0.217. The number of rotatable bonds is 8. The summed E-state index contributed by atoms with van der Waals surface area (Å²) < 4.78 is 119. The second-order valence-electron chi connectivity index (χ2n) is 7.08. The molecule has 1 radical (unpaired) electrons. The van der Waals surface area contributed by atoms with Crippen molar-refractivity contribution in [3.8, 4) is 28.4 Å². The fourth-order valence-corrected chi connectivity index (χ4v) is 3.26. The van der Waals surface area contributed by atoms with Crippen LogP contribution in [0.15, 0.2) is 42.5 Å². The molecule has 0 bridgehead atoms. The third-order valence-electron chi connectivity index (χ3n) is 4.68. The van der Waals surface area contributed by atoms with E-state index in [0.717, 1.165) is 12.0 Å². The maximum Gasteiger partial charge on any atom is 0.432 e. The molecule has 0 aromatic heterocycles. The zero-order valence-corrected chi connectivity index (χ0v) is 17.3. The molecule has 0 spiro atoms. The first-order chi connectivity index (χ1) is 15.9. The average Bonchev–Trinajstić information content (AvgIpc) is 2.71. The van der Waals surface area contributed by atoms with Gasteiger partial charge in [0.1, 0.15) is 17.1 Å². The normalized spacial score (nSPS) is 11.7. The predicted molar refractivity (Wildman–Crippen MR) is 103 cm³/mol. The van der Waals surface area contributed by atoms with Crippen LogP contribution in [0.1, 0.15) is 24.5 Å². The Balaban J connectivity index is 2.02. The highest BCUT2D eigenvalue weighted by atomic mass is 19.3. The van der Waals surface area contributed by atoms with Gasteiger partial charge in [-0.1, -0.05) is 37.6 Å². The molecule has 0 heterocycles. The van der Waals surface area contributed by atoms with Crippen molar-refractivity contribution in [2.45, 2.75) is 32.5 Å².